The fourth-order valence-electron chi connectivity index (χ4n) is 1.31. The van der Waals surface area contributed by atoms with Crippen LogP contribution < -0.4 is 0 Å². The van der Waals surface area contributed by atoms with Gasteiger partial charge in [-0.2, -0.15) is 0 Å². The van der Waals surface area contributed by atoms with Crippen LogP contribution in [0.2, 0.25) is 0 Å². The molecule has 0 saturated carbocycles. The van der Waals surface area contributed by atoms with Gasteiger partial charge in [-0.1, -0.05) is 30.3 Å². The second kappa shape index (κ2) is 5.28. The molecule has 0 spiro atoms. The van der Waals surface area contributed by atoms with Crippen LogP contribution in [0.3, 0.4) is 0 Å². The number of rotatable bonds is 4. The fraction of sp³-hybridized carbons (Fsp3) is 0.364. The van der Waals surface area contributed by atoms with Crippen molar-refractivity contribution in [1.29, 1.82) is 0 Å². The number of hydrogen-bond acceptors (Lipinski definition) is 4. The van der Waals surface area contributed by atoms with Gasteiger partial charge in [0.25, 0.3) is 0 Å². The molecule has 0 radical (unpaired) electrons. The minimum atomic E-state index is -3.00. The summed E-state index contributed by atoms with van der Waals surface area (Å²) in [5, 5.41) is 0. The minimum absolute atomic E-state index is 0.479. The van der Waals surface area contributed by atoms with Crippen molar-refractivity contribution in [2.75, 3.05) is 13.8 Å². The van der Waals surface area contributed by atoms with Crippen molar-refractivity contribution in [3.63, 3.8) is 0 Å². The predicted octanol–water partition coefficient (Wildman–Crippen LogP) is 2.80. The first kappa shape index (κ1) is 12.9. The van der Waals surface area contributed by atoms with Crippen LogP contribution >= 0.6 is 7.37 Å². The molecule has 5 heteroatoms. The first-order valence-electron chi connectivity index (χ1n) is 4.82. The molecule has 0 heterocycles. The third kappa shape index (κ3) is 3.19. The van der Waals surface area contributed by atoms with Gasteiger partial charge in [0.1, 0.15) is 0 Å². The Morgan fingerprint density at radius 3 is 2.31 bits per heavy atom. The largest absolute Gasteiger partial charge is 0.447 e. The van der Waals surface area contributed by atoms with E-state index >= 15 is 0 Å². The predicted molar refractivity (Wildman–Crippen MR) is 61.5 cm³/mol. The lowest BCUT2D eigenvalue weighted by Gasteiger charge is -2.22. The molecule has 0 fully saturated rings. The molecule has 0 aliphatic heterocycles. The van der Waals surface area contributed by atoms with Crippen LogP contribution in [0.15, 0.2) is 30.3 Å². The minimum Gasteiger partial charge on any atom is -0.447 e. The molecule has 16 heavy (non-hydrogen) atoms. The molecule has 0 bridgehead atoms. The third-order valence-corrected chi connectivity index (χ3v) is 4.13. The quantitative estimate of drug-likeness (QED) is 0.601. The van der Waals surface area contributed by atoms with E-state index in [1.54, 1.807) is 24.3 Å². The first-order valence-corrected chi connectivity index (χ1v) is 6.96. The summed E-state index contributed by atoms with van der Waals surface area (Å²) in [6.45, 7) is 2.74. The molecular weight excluding hydrogens is 227 g/mol. The molecule has 4 nitrogen and oxygen atoms in total. The zero-order chi connectivity index (χ0) is 12.2. The highest BCUT2D eigenvalue weighted by molar-refractivity contribution is 7.58. The summed E-state index contributed by atoms with van der Waals surface area (Å²) < 4.78 is 22.1. The highest BCUT2D eigenvalue weighted by atomic mass is 31.2. The van der Waals surface area contributed by atoms with Crippen LogP contribution in [0, 0.1) is 0 Å². The van der Waals surface area contributed by atoms with Crippen LogP contribution in [0.1, 0.15) is 18.3 Å². The zero-order valence-corrected chi connectivity index (χ0v) is 10.4. The van der Waals surface area contributed by atoms with Gasteiger partial charge in [-0.15, -0.1) is 0 Å². The van der Waals surface area contributed by atoms with E-state index in [-0.39, 0.29) is 0 Å². The zero-order valence-electron chi connectivity index (χ0n) is 9.54. The molecule has 2 unspecified atom stereocenters. The van der Waals surface area contributed by atoms with Crippen LogP contribution in [0.5, 0.6) is 0 Å². The lowest BCUT2D eigenvalue weighted by molar-refractivity contribution is -0.143. The topological polar surface area (TPSA) is 52.6 Å². The van der Waals surface area contributed by atoms with Crippen LogP contribution in [-0.2, 0) is 18.6 Å². The number of hydrogen-bond donors (Lipinski definition) is 0. The normalized spacial score (nSPS) is 16.2. The van der Waals surface area contributed by atoms with E-state index in [1.807, 2.05) is 6.07 Å². The van der Waals surface area contributed by atoms with E-state index < -0.39 is 19.2 Å². The average Bonchev–Trinajstić information content (AvgIpc) is 2.27. The molecule has 0 N–H and O–H groups in total. The first-order chi connectivity index (χ1) is 7.47. The molecule has 1 aromatic rings. The monoisotopic (exact) mass is 242 g/mol. The van der Waals surface area contributed by atoms with Gasteiger partial charge in [-0.25, -0.2) is 0 Å². The Balaban J connectivity index is 3.06. The molecule has 0 aromatic heterocycles. The summed E-state index contributed by atoms with van der Waals surface area (Å²) >= 11 is 0. The summed E-state index contributed by atoms with van der Waals surface area (Å²) in [5.41, 5.74) is 0.672. The Kier molecular flexibility index (Phi) is 4.27. The van der Waals surface area contributed by atoms with E-state index in [9.17, 15) is 9.36 Å². The van der Waals surface area contributed by atoms with Gasteiger partial charge in [-0.05, 0) is 0 Å². The van der Waals surface area contributed by atoms with Gasteiger partial charge in [0.15, 0.2) is 0 Å². The highest BCUT2D eigenvalue weighted by Gasteiger charge is 2.32. The SMILES string of the molecule is COP(C)(=O)C(OC(C)=O)c1ccccc1. The molecule has 2 atom stereocenters. The lowest BCUT2D eigenvalue weighted by Crippen LogP contribution is -2.09. The Morgan fingerprint density at radius 2 is 1.88 bits per heavy atom. The van der Waals surface area contributed by atoms with Crippen LogP contribution in [0.4, 0.5) is 0 Å². The van der Waals surface area contributed by atoms with E-state index in [0.717, 1.165) is 0 Å². The van der Waals surface area contributed by atoms with Crippen molar-refractivity contribution in [1.82, 2.24) is 0 Å². The van der Waals surface area contributed by atoms with Gasteiger partial charge in [0.2, 0.25) is 13.2 Å². The molecule has 1 rings (SSSR count). The summed E-state index contributed by atoms with van der Waals surface area (Å²) in [4.78, 5) is 11.0. The summed E-state index contributed by atoms with van der Waals surface area (Å²) in [7, 11) is -1.65. The van der Waals surface area contributed by atoms with Crippen molar-refractivity contribution >= 4 is 13.3 Å². The summed E-state index contributed by atoms with van der Waals surface area (Å²) in [6.07, 6.45) is 0. The molecule has 0 aliphatic carbocycles. The van der Waals surface area contributed by atoms with Gasteiger partial charge in [0, 0.05) is 26.3 Å². The summed E-state index contributed by atoms with van der Waals surface area (Å²) in [5.74, 6) is -1.32. The molecule has 1 aromatic carbocycles. The Bertz CT molecular complexity index is 402. The third-order valence-electron chi connectivity index (χ3n) is 2.15. The van der Waals surface area contributed by atoms with Crippen molar-refractivity contribution in [2.45, 2.75) is 12.8 Å². The van der Waals surface area contributed by atoms with Crippen molar-refractivity contribution < 1.29 is 18.6 Å². The Labute approximate surface area is 95.0 Å². The standard InChI is InChI=1S/C11H15O4P/c1-9(12)15-11(16(3,13)14-2)10-7-5-4-6-8-10/h4-8,11H,1-3H3. The van der Waals surface area contributed by atoms with Gasteiger partial charge in [0.05, 0.1) is 0 Å². The number of ether oxygens (including phenoxy) is 1. The van der Waals surface area contributed by atoms with Crippen molar-refractivity contribution in [2.24, 2.45) is 0 Å². The highest BCUT2D eigenvalue weighted by Crippen LogP contribution is 2.56. The lowest BCUT2D eigenvalue weighted by atomic mass is 10.2. The van der Waals surface area contributed by atoms with E-state index in [0.29, 0.717) is 5.56 Å². The number of benzene rings is 1. The number of esters is 1. The Hall–Kier alpha value is -1.12. The molecule has 88 valence electrons. The van der Waals surface area contributed by atoms with Gasteiger partial charge in [-0.3, -0.25) is 9.36 Å². The van der Waals surface area contributed by atoms with Gasteiger partial charge < -0.3 is 9.26 Å². The maximum absolute atomic E-state index is 12.1. The molecular formula is C11H15O4P. The molecule has 0 aliphatic rings. The van der Waals surface area contributed by atoms with Gasteiger partial charge >= 0.3 is 5.97 Å². The smallest absolute Gasteiger partial charge is 0.303 e. The van der Waals surface area contributed by atoms with E-state index in [2.05, 4.69) is 0 Å². The number of carbonyl (C=O) groups is 1. The maximum Gasteiger partial charge on any atom is 0.303 e. The van der Waals surface area contributed by atoms with Crippen LogP contribution in [0.25, 0.3) is 0 Å². The van der Waals surface area contributed by atoms with Crippen molar-refractivity contribution in [3.8, 4) is 0 Å². The summed E-state index contributed by atoms with van der Waals surface area (Å²) in [6, 6.07) is 8.93. The Morgan fingerprint density at radius 1 is 1.31 bits per heavy atom. The van der Waals surface area contributed by atoms with Crippen molar-refractivity contribution in [3.05, 3.63) is 35.9 Å². The second-order valence-electron chi connectivity index (χ2n) is 3.46. The average molecular weight is 242 g/mol. The fourth-order valence-corrected chi connectivity index (χ4v) is 2.55. The second-order valence-corrected chi connectivity index (χ2v) is 6.12. The molecule has 0 saturated heterocycles. The number of carbonyl (C=O) groups excluding carboxylic acids is 1. The maximum atomic E-state index is 12.1. The van der Waals surface area contributed by atoms with E-state index in [1.165, 1.54) is 20.7 Å². The van der Waals surface area contributed by atoms with Crippen LogP contribution in [-0.4, -0.2) is 19.7 Å². The molecule has 0 amide bonds. The van der Waals surface area contributed by atoms with E-state index in [4.69, 9.17) is 9.26 Å².